The number of rotatable bonds is 6. The molecule has 250 valence electrons. The number of hydrogen-bond acceptors (Lipinski definition) is 2. The molecule has 0 amide bonds. The van der Waals surface area contributed by atoms with E-state index in [-0.39, 0.29) is 5.41 Å². The summed E-state index contributed by atoms with van der Waals surface area (Å²) >= 11 is 0. The zero-order valence-corrected chi connectivity index (χ0v) is 29.3. The predicted octanol–water partition coefficient (Wildman–Crippen LogP) is 12.6. The third kappa shape index (κ3) is 4.24. The standard InChI is InChI=1S/C50H40N2/c1-4-17-40(18-5-1)51(41-19-6-2-7-20-41)46-24-12-15-35-31-38-26-27-39-32-36-16-13-25-47(49(36)50(38,39)48(35)46)52(42-21-8-3-9-22-42)43-28-29-45-37(33-43)30-34-14-10-11-23-44(34)45/h1-25,28-29,33,38-39H,26-27,30-32H2. The van der Waals surface area contributed by atoms with Crippen molar-refractivity contribution in [1.29, 1.82) is 0 Å². The van der Waals surface area contributed by atoms with E-state index in [1.165, 1.54) is 80.3 Å². The van der Waals surface area contributed by atoms with Gasteiger partial charge in [-0.2, -0.15) is 0 Å². The molecule has 0 aromatic heterocycles. The number of nitrogens with zero attached hydrogens (tertiary/aromatic N) is 2. The van der Waals surface area contributed by atoms with Crippen LogP contribution in [0.1, 0.15) is 46.2 Å². The molecule has 52 heavy (non-hydrogen) atoms. The Morgan fingerprint density at radius 2 is 0.846 bits per heavy atom. The molecule has 0 N–H and O–H groups in total. The van der Waals surface area contributed by atoms with E-state index in [1.54, 1.807) is 11.1 Å². The first-order valence-corrected chi connectivity index (χ1v) is 19.0. The molecule has 3 unspecified atom stereocenters. The molecule has 4 aliphatic rings. The molecule has 0 saturated heterocycles. The lowest BCUT2D eigenvalue weighted by molar-refractivity contribution is 0.350. The van der Waals surface area contributed by atoms with Crippen LogP contribution in [0.5, 0.6) is 0 Å². The summed E-state index contributed by atoms with van der Waals surface area (Å²) in [6.45, 7) is 0. The van der Waals surface area contributed by atoms with Crippen LogP contribution < -0.4 is 9.80 Å². The van der Waals surface area contributed by atoms with Crippen LogP contribution >= 0.6 is 0 Å². The lowest BCUT2D eigenvalue weighted by atomic mass is 9.68. The second-order valence-corrected chi connectivity index (χ2v) is 15.2. The van der Waals surface area contributed by atoms with Crippen molar-refractivity contribution in [3.05, 3.63) is 203 Å². The van der Waals surface area contributed by atoms with Gasteiger partial charge in [-0.1, -0.05) is 109 Å². The Kier molecular flexibility index (Phi) is 6.64. The smallest absolute Gasteiger partial charge is 0.0505 e. The summed E-state index contributed by atoms with van der Waals surface area (Å²) in [5, 5.41) is 0. The summed E-state index contributed by atoms with van der Waals surface area (Å²) in [7, 11) is 0. The van der Waals surface area contributed by atoms with E-state index >= 15 is 0 Å². The molecule has 1 spiro atoms. The maximum atomic E-state index is 2.58. The zero-order chi connectivity index (χ0) is 34.2. The van der Waals surface area contributed by atoms with Crippen LogP contribution in [0.3, 0.4) is 0 Å². The average molecular weight is 669 g/mol. The molecule has 0 aliphatic heterocycles. The Morgan fingerprint density at radius 1 is 0.385 bits per heavy atom. The molecule has 7 aromatic rings. The Hall–Kier alpha value is -5.86. The molecule has 11 rings (SSSR count). The summed E-state index contributed by atoms with van der Waals surface area (Å²) in [6, 6.07) is 63.5. The third-order valence-corrected chi connectivity index (χ3v) is 12.7. The number of anilines is 6. The normalized spacial score (nSPS) is 20.0. The van der Waals surface area contributed by atoms with Crippen molar-refractivity contribution >= 4 is 34.1 Å². The van der Waals surface area contributed by atoms with Crippen LogP contribution in [0.25, 0.3) is 11.1 Å². The largest absolute Gasteiger partial charge is 0.310 e. The van der Waals surface area contributed by atoms with Crippen LogP contribution in [-0.4, -0.2) is 0 Å². The highest BCUT2D eigenvalue weighted by molar-refractivity contribution is 5.88. The Balaban J connectivity index is 1.15. The van der Waals surface area contributed by atoms with Gasteiger partial charge in [-0.3, -0.25) is 0 Å². The van der Waals surface area contributed by atoms with Gasteiger partial charge < -0.3 is 9.80 Å². The van der Waals surface area contributed by atoms with Gasteiger partial charge in [0.25, 0.3) is 0 Å². The third-order valence-electron chi connectivity index (χ3n) is 12.7. The van der Waals surface area contributed by atoms with Crippen molar-refractivity contribution in [1.82, 2.24) is 0 Å². The van der Waals surface area contributed by atoms with E-state index in [4.69, 9.17) is 0 Å². The predicted molar refractivity (Wildman–Crippen MR) is 215 cm³/mol. The molecule has 1 saturated carbocycles. The molecule has 4 aliphatic carbocycles. The molecule has 1 fully saturated rings. The van der Waals surface area contributed by atoms with E-state index in [0.29, 0.717) is 11.8 Å². The highest BCUT2D eigenvalue weighted by Gasteiger charge is 2.62. The van der Waals surface area contributed by atoms with Crippen molar-refractivity contribution in [3.8, 4) is 11.1 Å². The summed E-state index contributed by atoms with van der Waals surface area (Å²) in [6.07, 6.45) is 5.78. The molecule has 0 heterocycles. The minimum Gasteiger partial charge on any atom is -0.310 e. The van der Waals surface area contributed by atoms with Crippen LogP contribution in [-0.2, 0) is 24.7 Å². The SMILES string of the molecule is c1ccc(N(c2ccccc2)c2cccc3c2C24c5c(cccc5N(c5ccccc5)c5ccc6c(c5)Cc5ccccc5-6)CC2CCC4C3)cc1. The van der Waals surface area contributed by atoms with Crippen LogP contribution in [0, 0.1) is 11.8 Å². The van der Waals surface area contributed by atoms with Crippen LogP contribution in [0.2, 0.25) is 0 Å². The van der Waals surface area contributed by atoms with Gasteiger partial charge in [-0.05, 0) is 149 Å². The summed E-state index contributed by atoms with van der Waals surface area (Å²) in [5.41, 5.74) is 19.2. The summed E-state index contributed by atoms with van der Waals surface area (Å²) in [5.74, 6) is 1.13. The Bertz CT molecular complexity index is 2420. The quantitative estimate of drug-likeness (QED) is 0.174. The summed E-state index contributed by atoms with van der Waals surface area (Å²) < 4.78 is 0. The molecule has 0 bridgehead atoms. The average Bonchev–Trinajstić information content (AvgIpc) is 3.93. The molecule has 2 nitrogen and oxygen atoms in total. The van der Waals surface area contributed by atoms with Gasteiger partial charge in [0, 0.05) is 28.2 Å². The van der Waals surface area contributed by atoms with E-state index in [9.17, 15) is 0 Å². The van der Waals surface area contributed by atoms with Gasteiger partial charge in [0.2, 0.25) is 0 Å². The second kappa shape index (κ2) is 11.6. The maximum Gasteiger partial charge on any atom is 0.0505 e. The molecule has 2 heteroatoms. The fourth-order valence-electron chi connectivity index (χ4n) is 10.9. The van der Waals surface area contributed by atoms with E-state index in [1.807, 2.05) is 0 Å². The van der Waals surface area contributed by atoms with Crippen LogP contribution in [0.4, 0.5) is 34.1 Å². The van der Waals surface area contributed by atoms with Gasteiger partial charge in [0.15, 0.2) is 0 Å². The van der Waals surface area contributed by atoms with Gasteiger partial charge in [0.1, 0.15) is 0 Å². The second-order valence-electron chi connectivity index (χ2n) is 15.2. The van der Waals surface area contributed by atoms with E-state index in [2.05, 4.69) is 180 Å². The topological polar surface area (TPSA) is 6.48 Å². The van der Waals surface area contributed by atoms with Crippen molar-refractivity contribution < 1.29 is 0 Å². The maximum absolute atomic E-state index is 2.58. The van der Waals surface area contributed by atoms with E-state index < -0.39 is 0 Å². The first-order valence-electron chi connectivity index (χ1n) is 19.0. The number of para-hydroxylation sites is 3. The Labute approximate surface area is 306 Å². The van der Waals surface area contributed by atoms with Gasteiger partial charge >= 0.3 is 0 Å². The minimum absolute atomic E-state index is 0.0698. The van der Waals surface area contributed by atoms with Gasteiger partial charge in [-0.25, -0.2) is 0 Å². The van der Waals surface area contributed by atoms with Crippen molar-refractivity contribution in [2.24, 2.45) is 11.8 Å². The summed E-state index contributed by atoms with van der Waals surface area (Å²) in [4.78, 5) is 5.11. The molecular weight excluding hydrogens is 629 g/mol. The molecule has 7 aromatic carbocycles. The van der Waals surface area contributed by atoms with Crippen molar-refractivity contribution in [2.45, 2.75) is 37.5 Å². The highest BCUT2D eigenvalue weighted by Crippen LogP contribution is 2.68. The lowest BCUT2D eigenvalue weighted by Crippen LogP contribution is -2.34. The van der Waals surface area contributed by atoms with E-state index in [0.717, 1.165) is 19.3 Å². The zero-order valence-electron chi connectivity index (χ0n) is 29.3. The first kappa shape index (κ1) is 29.8. The fraction of sp³-hybridized carbons (Fsp3) is 0.160. The lowest BCUT2D eigenvalue weighted by Gasteiger charge is -2.40. The fourth-order valence-corrected chi connectivity index (χ4v) is 10.9. The number of benzene rings is 7. The Morgan fingerprint density at radius 3 is 1.40 bits per heavy atom. The van der Waals surface area contributed by atoms with Crippen molar-refractivity contribution in [3.63, 3.8) is 0 Å². The molecular formula is C50H40N2. The molecule has 0 radical (unpaired) electrons. The molecule has 3 atom stereocenters. The monoisotopic (exact) mass is 668 g/mol. The highest BCUT2D eigenvalue weighted by atomic mass is 15.2. The first-order chi connectivity index (χ1) is 25.8. The number of hydrogen-bond donors (Lipinski definition) is 0. The minimum atomic E-state index is -0.0698. The van der Waals surface area contributed by atoms with Gasteiger partial charge in [-0.15, -0.1) is 0 Å². The number of fused-ring (bicyclic) bond motifs is 5. The van der Waals surface area contributed by atoms with Crippen LogP contribution in [0.15, 0.2) is 170 Å². The van der Waals surface area contributed by atoms with Gasteiger partial charge in [0.05, 0.1) is 11.4 Å². The van der Waals surface area contributed by atoms with Crippen molar-refractivity contribution in [2.75, 3.05) is 9.80 Å².